The van der Waals surface area contributed by atoms with Crippen molar-refractivity contribution in [1.82, 2.24) is 14.9 Å². The van der Waals surface area contributed by atoms with Crippen molar-refractivity contribution in [3.8, 4) is 5.75 Å². The highest BCUT2D eigenvalue weighted by Crippen LogP contribution is 2.40. The van der Waals surface area contributed by atoms with E-state index in [1.807, 2.05) is 44.3 Å². The highest BCUT2D eigenvalue weighted by Gasteiger charge is 2.45. The van der Waals surface area contributed by atoms with Crippen molar-refractivity contribution in [1.29, 1.82) is 0 Å². The van der Waals surface area contributed by atoms with Crippen LogP contribution in [0.2, 0.25) is 0 Å². The first-order valence-corrected chi connectivity index (χ1v) is 15.0. The average Bonchev–Trinajstić information content (AvgIpc) is 3.59. The van der Waals surface area contributed by atoms with Crippen LogP contribution in [0.3, 0.4) is 0 Å². The van der Waals surface area contributed by atoms with Crippen LogP contribution in [0.1, 0.15) is 42.8 Å². The first-order chi connectivity index (χ1) is 20.1. The van der Waals surface area contributed by atoms with Gasteiger partial charge in [-0.05, 0) is 64.9 Å². The smallest absolute Gasteiger partial charge is 0.261 e. The number of pyridine rings is 1. The lowest BCUT2D eigenvalue weighted by Crippen LogP contribution is -2.47. The summed E-state index contributed by atoms with van der Waals surface area (Å²) in [6.07, 6.45) is 5.14. The molecule has 1 aliphatic heterocycles. The summed E-state index contributed by atoms with van der Waals surface area (Å²) in [5.74, 6) is 0.947. The second-order valence-electron chi connectivity index (χ2n) is 11.0. The molecule has 1 aliphatic rings. The quantitative estimate of drug-likeness (QED) is 0.202. The number of hydrogen-bond donors (Lipinski definition) is 1. The van der Waals surface area contributed by atoms with Gasteiger partial charge in [-0.1, -0.05) is 0 Å². The Hall–Kier alpha value is -3.96. The van der Waals surface area contributed by atoms with Gasteiger partial charge in [-0.15, -0.1) is 11.3 Å². The molecule has 42 heavy (non-hydrogen) atoms. The molecule has 0 saturated carbocycles. The number of ether oxygens (including phenoxy) is 1. The molecule has 0 unspecified atom stereocenters. The molecular formula is C31H37N5O5S. The number of amides is 2. The Morgan fingerprint density at radius 2 is 1.90 bits per heavy atom. The van der Waals surface area contributed by atoms with Crippen LogP contribution in [0, 0.1) is 12.3 Å². The lowest BCUT2D eigenvalue weighted by Gasteiger charge is -2.27. The molecule has 0 fully saturated rings. The van der Waals surface area contributed by atoms with Gasteiger partial charge in [0.2, 0.25) is 11.8 Å². The van der Waals surface area contributed by atoms with Gasteiger partial charge >= 0.3 is 0 Å². The highest BCUT2D eigenvalue weighted by atomic mass is 32.1. The third kappa shape index (κ3) is 5.84. The summed E-state index contributed by atoms with van der Waals surface area (Å²) in [4.78, 5) is 47.6. The minimum absolute atomic E-state index is 0.0432. The Labute approximate surface area is 248 Å². The van der Waals surface area contributed by atoms with Crippen LogP contribution >= 0.6 is 11.3 Å². The van der Waals surface area contributed by atoms with Crippen molar-refractivity contribution in [2.24, 2.45) is 5.41 Å². The van der Waals surface area contributed by atoms with Crippen LogP contribution in [-0.4, -0.2) is 48.1 Å². The van der Waals surface area contributed by atoms with Gasteiger partial charge < -0.3 is 28.8 Å². The topological polar surface area (TPSA) is 110 Å². The normalized spacial score (nSPS) is 14.9. The van der Waals surface area contributed by atoms with Crippen molar-refractivity contribution < 1.29 is 18.7 Å². The second kappa shape index (κ2) is 12.1. The maximum Gasteiger partial charge on any atom is 0.261 e. The maximum absolute atomic E-state index is 13.0. The van der Waals surface area contributed by atoms with Gasteiger partial charge in [0.25, 0.3) is 5.56 Å². The summed E-state index contributed by atoms with van der Waals surface area (Å²) >= 11 is 1.64. The number of furan rings is 1. The van der Waals surface area contributed by atoms with Gasteiger partial charge in [0.15, 0.2) is 0 Å². The molecule has 11 heteroatoms. The first-order valence-electron chi connectivity index (χ1n) is 14.2. The number of fused-ring (bicyclic) bond motifs is 2. The van der Waals surface area contributed by atoms with E-state index in [0.717, 1.165) is 28.6 Å². The predicted octanol–water partition coefficient (Wildman–Crippen LogP) is 4.52. The molecule has 4 heterocycles. The van der Waals surface area contributed by atoms with Gasteiger partial charge in [0.1, 0.15) is 22.5 Å². The largest absolute Gasteiger partial charge is 0.493 e. The van der Waals surface area contributed by atoms with Crippen LogP contribution in [0.15, 0.2) is 51.9 Å². The van der Waals surface area contributed by atoms with Crippen LogP contribution in [0.5, 0.6) is 5.75 Å². The Bertz CT molecular complexity index is 1670. The van der Waals surface area contributed by atoms with Gasteiger partial charge in [-0.25, -0.2) is 4.98 Å². The molecule has 1 aromatic carbocycles. The fourth-order valence-corrected chi connectivity index (χ4v) is 6.09. The molecule has 0 bridgehead atoms. The van der Waals surface area contributed by atoms with E-state index in [4.69, 9.17) is 9.15 Å². The van der Waals surface area contributed by atoms with E-state index in [1.54, 1.807) is 58.9 Å². The lowest BCUT2D eigenvalue weighted by atomic mass is 9.90. The minimum Gasteiger partial charge on any atom is -0.493 e. The van der Waals surface area contributed by atoms with Crippen molar-refractivity contribution in [3.05, 3.63) is 68.7 Å². The summed E-state index contributed by atoms with van der Waals surface area (Å²) in [6, 6.07) is 9.15. The zero-order chi connectivity index (χ0) is 30.0. The van der Waals surface area contributed by atoms with E-state index in [1.165, 1.54) is 0 Å². The Morgan fingerprint density at radius 3 is 2.69 bits per heavy atom. The fraction of sp³-hybridized carbons (Fsp3) is 0.419. The number of carbonyl (C=O) groups is 2. The summed E-state index contributed by atoms with van der Waals surface area (Å²) < 4.78 is 13.2. The molecule has 4 aromatic rings. The molecule has 0 atom stereocenters. The average molecular weight is 592 g/mol. The monoisotopic (exact) mass is 591 g/mol. The number of aryl methyl sites for hydroxylation is 3. The third-order valence-corrected chi connectivity index (χ3v) is 8.61. The molecule has 0 radical (unpaired) electrons. The van der Waals surface area contributed by atoms with E-state index in [9.17, 15) is 14.4 Å². The Morgan fingerprint density at radius 1 is 1.10 bits per heavy atom. The zero-order valence-electron chi connectivity index (χ0n) is 24.7. The molecule has 0 saturated heterocycles. The third-order valence-electron chi connectivity index (χ3n) is 7.55. The lowest BCUT2D eigenvalue weighted by molar-refractivity contribution is -0.137. The first kappa shape index (κ1) is 29.5. The number of benzene rings is 1. The summed E-state index contributed by atoms with van der Waals surface area (Å²) in [5.41, 5.74) is 0.818. The van der Waals surface area contributed by atoms with Crippen molar-refractivity contribution in [3.63, 3.8) is 0 Å². The van der Waals surface area contributed by atoms with Gasteiger partial charge in [0, 0.05) is 56.4 Å². The molecule has 0 spiro atoms. The van der Waals surface area contributed by atoms with Crippen molar-refractivity contribution in [2.45, 2.75) is 53.6 Å². The molecular weight excluding hydrogens is 554 g/mol. The molecule has 5 rings (SSSR count). The number of aromatic nitrogens is 2. The molecule has 1 N–H and O–H groups in total. The minimum atomic E-state index is -1.14. The number of nitrogens with one attached hydrogen (secondary N) is 1. The Balaban J connectivity index is 1.08. The maximum atomic E-state index is 13.0. The van der Waals surface area contributed by atoms with Crippen LogP contribution < -0.4 is 25.4 Å². The number of thiazole rings is 1. The molecule has 0 aliphatic carbocycles. The Kier molecular flexibility index (Phi) is 8.51. The van der Waals surface area contributed by atoms with E-state index in [0.29, 0.717) is 60.8 Å². The van der Waals surface area contributed by atoms with Crippen LogP contribution in [0.25, 0.3) is 11.0 Å². The van der Waals surface area contributed by atoms with Crippen molar-refractivity contribution >= 4 is 45.5 Å². The van der Waals surface area contributed by atoms with E-state index >= 15 is 0 Å². The molecule has 10 nitrogen and oxygen atoms in total. The summed E-state index contributed by atoms with van der Waals surface area (Å²) in [5, 5.41) is 5.03. The summed E-state index contributed by atoms with van der Waals surface area (Å²) in [7, 11) is 1.70. The molecule has 3 aromatic heterocycles. The van der Waals surface area contributed by atoms with Crippen LogP contribution in [-0.2, 0) is 29.1 Å². The molecule has 2 amide bonds. The second-order valence-corrected chi connectivity index (χ2v) is 12.2. The number of carbonyl (C=O) groups excluding carboxylic acids is 2. The van der Waals surface area contributed by atoms with Gasteiger partial charge in [-0.3, -0.25) is 14.4 Å². The predicted molar refractivity (Wildman–Crippen MR) is 165 cm³/mol. The standard InChI is InChI=1S/C31H37N5O5S/c1-6-36-24-9-8-21(17-25(24)34(5)29(38)31(3,4)30(36)39)40-15-7-12-32-18-22-19-33-27(42-22)11-14-35-13-10-26-23(28(35)37)16-20(2)41-26/h8-10,13,16-17,19,32H,6-7,11-12,14-15,18H2,1-5H3. The van der Waals surface area contributed by atoms with Crippen LogP contribution in [0.4, 0.5) is 11.4 Å². The van der Waals surface area contributed by atoms with E-state index in [2.05, 4.69) is 10.3 Å². The van der Waals surface area contributed by atoms with E-state index in [-0.39, 0.29) is 17.4 Å². The SMILES string of the molecule is CCN1C(=O)C(C)(C)C(=O)N(C)c2cc(OCCCNCc3cnc(CCn4ccc5oc(C)cc5c4=O)s3)ccc21. The fourth-order valence-electron chi connectivity index (χ4n) is 5.21. The zero-order valence-corrected chi connectivity index (χ0v) is 25.5. The number of rotatable bonds is 11. The molecule has 222 valence electrons. The summed E-state index contributed by atoms with van der Waals surface area (Å²) in [6.45, 7) is 10.1. The van der Waals surface area contributed by atoms with Crippen molar-refractivity contribution in [2.75, 3.05) is 36.5 Å². The number of hydrogen-bond acceptors (Lipinski definition) is 8. The van der Waals surface area contributed by atoms with Gasteiger partial charge in [-0.2, -0.15) is 0 Å². The van der Waals surface area contributed by atoms with Gasteiger partial charge in [0.05, 0.1) is 28.4 Å². The number of anilines is 2. The highest BCUT2D eigenvalue weighted by molar-refractivity contribution is 7.11. The van der Waals surface area contributed by atoms with E-state index < -0.39 is 5.41 Å². The number of nitrogens with zero attached hydrogens (tertiary/aromatic N) is 4.